The number of aryl methyl sites for hydroxylation is 1. The molecule has 0 saturated carbocycles. The summed E-state index contributed by atoms with van der Waals surface area (Å²) >= 11 is 0. The van der Waals surface area contributed by atoms with Gasteiger partial charge < -0.3 is 9.47 Å². The fraction of sp³-hybridized carbons (Fsp3) is 0.0312. The van der Waals surface area contributed by atoms with Crippen LogP contribution in [0.25, 0.3) is 45.0 Å². The summed E-state index contributed by atoms with van der Waals surface area (Å²) in [7, 11) is 2.02. The molecule has 3 aromatic heterocycles. The van der Waals surface area contributed by atoms with E-state index in [2.05, 4.69) is 87.7 Å². The van der Waals surface area contributed by atoms with Crippen LogP contribution in [0.4, 0.5) is 17.1 Å². The Bertz CT molecular complexity index is 1750. The highest BCUT2D eigenvalue weighted by Crippen LogP contribution is 2.50. The molecule has 0 spiro atoms. The first-order chi connectivity index (χ1) is 18.3. The molecule has 1 aliphatic heterocycles. The summed E-state index contributed by atoms with van der Waals surface area (Å²) in [5.74, 6) is 0.925. The van der Waals surface area contributed by atoms with E-state index < -0.39 is 0 Å². The highest BCUT2D eigenvalue weighted by atomic mass is 15.2. The quantitative estimate of drug-likeness (QED) is 0.262. The number of imidazole rings is 1. The van der Waals surface area contributed by atoms with Gasteiger partial charge in [-0.1, -0.05) is 54.6 Å². The number of hydrogen-bond donors (Lipinski definition) is 0. The Hall–Kier alpha value is -5.03. The van der Waals surface area contributed by atoms with Gasteiger partial charge in [-0.15, -0.1) is 0 Å². The average Bonchev–Trinajstić information content (AvgIpc) is 3.35. The molecule has 0 saturated heterocycles. The van der Waals surface area contributed by atoms with Crippen molar-refractivity contribution in [1.29, 1.82) is 0 Å². The minimum atomic E-state index is 0.925. The van der Waals surface area contributed by atoms with Crippen LogP contribution in [0.2, 0.25) is 0 Å². The number of aromatic nitrogens is 4. The van der Waals surface area contributed by atoms with Crippen molar-refractivity contribution >= 4 is 17.1 Å². The van der Waals surface area contributed by atoms with Crippen LogP contribution >= 0.6 is 0 Å². The molecule has 3 aromatic carbocycles. The smallest absolute Gasteiger partial charge is 0.139 e. The lowest BCUT2D eigenvalue weighted by molar-refractivity contribution is 0.925. The van der Waals surface area contributed by atoms with Crippen molar-refractivity contribution in [2.24, 2.45) is 7.05 Å². The van der Waals surface area contributed by atoms with Crippen molar-refractivity contribution in [3.05, 3.63) is 122 Å². The first-order valence-electron chi connectivity index (χ1n) is 12.3. The maximum absolute atomic E-state index is 4.85. The number of hydrogen-bond acceptors (Lipinski definition) is 4. The Kier molecular flexibility index (Phi) is 4.93. The minimum absolute atomic E-state index is 0.925. The molecule has 0 radical (unpaired) electrons. The second kappa shape index (κ2) is 8.57. The van der Waals surface area contributed by atoms with Crippen molar-refractivity contribution in [2.75, 3.05) is 4.90 Å². The summed E-state index contributed by atoms with van der Waals surface area (Å²) < 4.78 is 2.05. The van der Waals surface area contributed by atoms with Crippen molar-refractivity contribution in [3.63, 3.8) is 0 Å². The Balaban J connectivity index is 1.53. The van der Waals surface area contributed by atoms with E-state index in [9.17, 15) is 0 Å². The van der Waals surface area contributed by atoms with Gasteiger partial charge in [0.05, 0.1) is 22.8 Å². The summed E-state index contributed by atoms with van der Waals surface area (Å²) in [6.45, 7) is 0. The molecule has 4 heterocycles. The molecule has 0 aliphatic carbocycles. The van der Waals surface area contributed by atoms with E-state index in [4.69, 9.17) is 4.98 Å². The maximum atomic E-state index is 4.85. The van der Waals surface area contributed by atoms with E-state index in [1.165, 1.54) is 0 Å². The zero-order valence-corrected chi connectivity index (χ0v) is 20.3. The molecule has 6 aromatic rings. The number of para-hydroxylation sites is 1. The maximum Gasteiger partial charge on any atom is 0.139 e. The van der Waals surface area contributed by atoms with E-state index in [1.54, 1.807) is 0 Å². The Labute approximate surface area is 215 Å². The van der Waals surface area contributed by atoms with Crippen LogP contribution in [0.5, 0.6) is 0 Å². The van der Waals surface area contributed by atoms with E-state index in [1.807, 2.05) is 60.7 Å². The second-order valence-electron chi connectivity index (χ2n) is 9.11. The number of rotatable bonds is 3. The van der Waals surface area contributed by atoms with Crippen LogP contribution in [0, 0.1) is 0 Å². The minimum Gasteiger partial charge on any atom is -0.334 e. The van der Waals surface area contributed by atoms with Crippen molar-refractivity contribution in [1.82, 2.24) is 19.5 Å². The van der Waals surface area contributed by atoms with Gasteiger partial charge in [0, 0.05) is 65.3 Å². The molecule has 37 heavy (non-hydrogen) atoms. The Morgan fingerprint density at radius 1 is 0.568 bits per heavy atom. The summed E-state index contributed by atoms with van der Waals surface area (Å²) in [6, 6.07) is 33.8. The normalized spacial score (nSPS) is 11.9. The van der Waals surface area contributed by atoms with Gasteiger partial charge in [0.15, 0.2) is 0 Å². The third kappa shape index (κ3) is 3.52. The summed E-state index contributed by atoms with van der Waals surface area (Å²) in [5.41, 5.74) is 10.6. The monoisotopic (exact) mass is 477 g/mol. The molecule has 5 heteroatoms. The molecular formula is C32H23N5. The molecule has 1 aliphatic rings. The fourth-order valence-corrected chi connectivity index (χ4v) is 5.18. The van der Waals surface area contributed by atoms with Crippen LogP contribution in [-0.2, 0) is 7.05 Å². The molecule has 0 fully saturated rings. The Morgan fingerprint density at radius 2 is 1.43 bits per heavy atom. The third-order valence-electron chi connectivity index (χ3n) is 6.88. The number of pyridine rings is 2. The third-order valence-corrected chi connectivity index (χ3v) is 6.88. The lowest BCUT2D eigenvalue weighted by Crippen LogP contribution is -2.11. The zero-order valence-electron chi connectivity index (χ0n) is 20.3. The molecule has 5 nitrogen and oxygen atoms in total. The summed E-state index contributed by atoms with van der Waals surface area (Å²) in [4.78, 5) is 16.4. The van der Waals surface area contributed by atoms with Crippen molar-refractivity contribution < 1.29 is 0 Å². The van der Waals surface area contributed by atoms with E-state index in [0.29, 0.717) is 0 Å². The standard InChI is InChI=1S/C32H23N5/c1-36-19-18-35-32(36)23-14-15-25-26-11-7-17-34-31(26)27-10-2-3-13-29(27)37(30(25)21-23)24-9-6-8-22(20-24)28-12-4-5-16-33-28/h2-21H,1H3. The molecule has 176 valence electrons. The van der Waals surface area contributed by atoms with Crippen LogP contribution in [0.15, 0.2) is 122 Å². The van der Waals surface area contributed by atoms with Crippen LogP contribution in [0.3, 0.4) is 0 Å². The highest BCUT2D eigenvalue weighted by Gasteiger charge is 2.27. The fourth-order valence-electron chi connectivity index (χ4n) is 5.18. The van der Waals surface area contributed by atoms with E-state index >= 15 is 0 Å². The first-order valence-corrected chi connectivity index (χ1v) is 12.3. The van der Waals surface area contributed by atoms with Gasteiger partial charge in [-0.2, -0.15) is 0 Å². The van der Waals surface area contributed by atoms with Gasteiger partial charge in [-0.05, 0) is 42.5 Å². The topological polar surface area (TPSA) is 46.8 Å². The molecule has 0 atom stereocenters. The molecule has 0 N–H and O–H groups in total. The molecule has 0 amide bonds. The van der Waals surface area contributed by atoms with Crippen LogP contribution in [-0.4, -0.2) is 19.5 Å². The van der Waals surface area contributed by atoms with Gasteiger partial charge >= 0.3 is 0 Å². The molecular weight excluding hydrogens is 454 g/mol. The average molecular weight is 478 g/mol. The number of benzene rings is 3. The molecule has 0 bridgehead atoms. The number of anilines is 3. The van der Waals surface area contributed by atoms with Crippen LogP contribution < -0.4 is 4.90 Å². The first kappa shape index (κ1) is 21.3. The van der Waals surface area contributed by atoms with Gasteiger partial charge in [-0.3, -0.25) is 9.97 Å². The van der Waals surface area contributed by atoms with Crippen molar-refractivity contribution in [2.45, 2.75) is 0 Å². The predicted octanol–water partition coefficient (Wildman–Crippen LogP) is 7.66. The van der Waals surface area contributed by atoms with E-state index in [-0.39, 0.29) is 0 Å². The zero-order chi connectivity index (χ0) is 24.8. The largest absolute Gasteiger partial charge is 0.334 e. The SMILES string of the molecule is Cn1ccnc1-c1ccc2c(c1)N(c1cccc(-c3ccccn3)c1)c1ccccc1-c1ncccc1-2. The number of fused-ring (bicyclic) bond motifs is 5. The summed E-state index contributed by atoms with van der Waals surface area (Å²) in [6.07, 6.45) is 7.52. The highest BCUT2D eigenvalue weighted by molar-refractivity contribution is 6.02. The molecule has 0 unspecified atom stereocenters. The van der Waals surface area contributed by atoms with Crippen LogP contribution in [0.1, 0.15) is 0 Å². The predicted molar refractivity (Wildman–Crippen MR) is 149 cm³/mol. The number of nitrogens with zero attached hydrogens (tertiary/aromatic N) is 5. The van der Waals surface area contributed by atoms with Crippen molar-refractivity contribution in [3.8, 4) is 45.0 Å². The Morgan fingerprint density at radius 3 is 2.30 bits per heavy atom. The van der Waals surface area contributed by atoms with Gasteiger partial charge in [0.25, 0.3) is 0 Å². The lowest BCUT2D eigenvalue weighted by Gasteiger charge is -2.28. The second-order valence-corrected chi connectivity index (χ2v) is 9.11. The van der Waals surface area contributed by atoms with Gasteiger partial charge in [0.2, 0.25) is 0 Å². The molecule has 7 rings (SSSR count). The lowest BCUT2D eigenvalue weighted by atomic mass is 9.98. The van der Waals surface area contributed by atoms with Gasteiger partial charge in [0.1, 0.15) is 5.82 Å². The summed E-state index contributed by atoms with van der Waals surface area (Å²) in [5, 5.41) is 0. The van der Waals surface area contributed by atoms with E-state index in [0.717, 1.165) is 62.1 Å². The van der Waals surface area contributed by atoms with Gasteiger partial charge in [-0.25, -0.2) is 4.98 Å².